The summed E-state index contributed by atoms with van der Waals surface area (Å²) in [4.78, 5) is 4.75. The highest BCUT2D eigenvalue weighted by atomic mass is 127. The molecule has 1 heterocycles. The molecule has 3 rings (SSSR count). The molecule has 1 atom stereocenters. The predicted octanol–water partition coefficient (Wildman–Crippen LogP) is 4.47. The maximum Gasteiger partial charge on any atom is 0.196 e. The summed E-state index contributed by atoms with van der Waals surface area (Å²) in [6.07, 6.45) is 0. The zero-order chi connectivity index (χ0) is 22.2. The van der Waals surface area contributed by atoms with E-state index in [1.54, 1.807) is 7.11 Å². The van der Waals surface area contributed by atoms with Gasteiger partial charge in [-0.05, 0) is 38.5 Å². The maximum absolute atomic E-state index is 5.70. The molecule has 1 aromatic heterocycles. The Morgan fingerprint density at radius 2 is 1.88 bits per heavy atom. The van der Waals surface area contributed by atoms with Gasteiger partial charge >= 0.3 is 0 Å². The number of guanidine groups is 1. The Kier molecular flexibility index (Phi) is 9.76. The van der Waals surface area contributed by atoms with Crippen molar-refractivity contribution in [2.24, 2.45) is 12.0 Å². The van der Waals surface area contributed by atoms with Crippen molar-refractivity contribution in [3.8, 4) is 11.5 Å². The van der Waals surface area contributed by atoms with Gasteiger partial charge in [-0.2, -0.15) is 0 Å². The zero-order valence-electron chi connectivity index (χ0n) is 19.1. The van der Waals surface area contributed by atoms with Gasteiger partial charge in [0.25, 0.3) is 0 Å². The SMILES string of the molecule is CCOc1cc(NC(=NCc2nnc(C)n2C)NC(C)c2ccccc2)ccc1OC.I. The summed E-state index contributed by atoms with van der Waals surface area (Å²) in [5.41, 5.74) is 2.00. The zero-order valence-corrected chi connectivity index (χ0v) is 21.5. The van der Waals surface area contributed by atoms with Crippen molar-refractivity contribution in [1.82, 2.24) is 20.1 Å². The minimum Gasteiger partial charge on any atom is -0.493 e. The van der Waals surface area contributed by atoms with Crippen LogP contribution in [0.2, 0.25) is 0 Å². The van der Waals surface area contributed by atoms with E-state index >= 15 is 0 Å². The number of aryl methyl sites for hydroxylation is 1. The van der Waals surface area contributed by atoms with E-state index in [0.29, 0.717) is 30.6 Å². The van der Waals surface area contributed by atoms with Crippen LogP contribution in [-0.4, -0.2) is 34.4 Å². The molecule has 0 bridgehead atoms. The van der Waals surface area contributed by atoms with Gasteiger partial charge in [0.1, 0.15) is 12.4 Å². The number of methoxy groups -OCH3 is 1. The molecule has 0 aliphatic carbocycles. The first-order valence-corrected chi connectivity index (χ1v) is 10.3. The number of aromatic nitrogens is 3. The Labute approximate surface area is 206 Å². The highest BCUT2D eigenvalue weighted by Crippen LogP contribution is 2.30. The van der Waals surface area contributed by atoms with Crippen LogP contribution in [0.5, 0.6) is 11.5 Å². The van der Waals surface area contributed by atoms with E-state index in [4.69, 9.17) is 14.5 Å². The van der Waals surface area contributed by atoms with Crippen molar-refractivity contribution in [2.45, 2.75) is 33.4 Å². The van der Waals surface area contributed by atoms with Crippen molar-refractivity contribution in [3.05, 3.63) is 65.7 Å². The van der Waals surface area contributed by atoms with Gasteiger partial charge in [-0.3, -0.25) is 0 Å². The van der Waals surface area contributed by atoms with Crippen molar-refractivity contribution in [2.75, 3.05) is 19.0 Å². The van der Waals surface area contributed by atoms with E-state index in [2.05, 4.69) is 39.9 Å². The van der Waals surface area contributed by atoms with Crippen LogP contribution >= 0.6 is 24.0 Å². The molecule has 9 heteroatoms. The van der Waals surface area contributed by atoms with E-state index in [1.807, 2.05) is 61.9 Å². The second-order valence-electron chi connectivity index (χ2n) is 7.09. The highest BCUT2D eigenvalue weighted by molar-refractivity contribution is 14.0. The highest BCUT2D eigenvalue weighted by Gasteiger charge is 2.12. The van der Waals surface area contributed by atoms with Gasteiger partial charge in [-0.1, -0.05) is 30.3 Å². The second kappa shape index (κ2) is 12.3. The van der Waals surface area contributed by atoms with Crippen molar-refractivity contribution < 1.29 is 9.47 Å². The maximum atomic E-state index is 5.70. The first-order chi connectivity index (χ1) is 15.0. The lowest BCUT2D eigenvalue weighted by molar-refractivity contribution is 0.311. The molecule has 0 fully saturated rings. The lowest BCUT2D eigenvalue weighted by Gasteiger charge is -2.19. The lowest BCUT2D eigenvalue weighted by Crippen LogP contribution is -2.33. The number of nitrogens with zero attached hydrogens (tertiary/aromatic N) is 4. The van der Waals surface area contributed by atoms with E-state index in [0.717, 1.165) is 22.9 Å². The van der Waals surface area contributed by atoms with Gasteiger partial charge in [0.2, 0.25) is 0 Å². The van der Waals surface area contributed by atoms with Gasteiger partial charge < -0.3 is 24.7 Å². The third kappa shape index (κ3) is 6.59. The number of ether oxygens (including phenoxy) is 2. The fourth-order valence-corrected chi connectivity index (χ4v) is 3.05. The van der Waals surface area contributed by atoms with Crippen molar-refractivity contribution in [3.63, 3.8) is 0 Å². The molecular formula is C23H31IN6O2. The first-order valence-electron chi connectivity index (χ1n) is 10.3. The first kappa shape index (κ1) is 25.4. The third-order valence-electron chi connectivity index (χ3n) is 4.94. The smallest absolute Gasteiger partial charge is 0.196 e. The fourth-order valence-electron chi connectivity index (χ4n) is 3.05. The summed E-state index contributed by atoms with van der Waals surface area (Å²) in [6, 6.07) is 16.0. The third-order valence-corrected chi connectivity index (χ3v) is 4.94. The Bertz CT molecular complexity index is 1020. The monoisotopic (exact) mass is 550 g/mol. The van der Waals surface area contributed by atoms with E-state index in [-0.39, 0.29) is 30.0 Å². The van der Waals surface area contributed by atoms with Crippen molar-refractivity contribution >= 4 is 35.6 Å². The standard InChI is InChI=1S/C23H30N6O2.HI/c1-6-31-21-14-19(12-13-20(21)30-5)26-23(24-15-22-28-27-17(3)29(22)4)25-16(2)18-10-8-7-9-11-18;/h7-14,16H,6,15H2,1-5H3,(H2,24,25,26);1H. The number of hydrogen-bond donors (Lipinski definition) is 2. The number of halogens is 1. The number of benzene rings is 2. The number of nitrogens with one attached hydrogen (secondary N) is 2. The predicted molar refractivity (Wildman–Crippen MR) is 138 cm³/mol. The molecular weight excluding hydrogens is 519 g/mol. The number of hydrogen-bond acceptors (Lipinski definition) is 5. The minimum absolute atomic E-state index is 0. The Hall–Kier alpha value is -2.82. The van der Waals surface area contributed by atoms with Gasteiger partial charge in [0, 0.05) is 18.8 Å². The van der Waals surface area contributed by atoms with Crippen LogP contribution < -0.4 is 20.1 Å². The summed E-state index contributed by atoms with van der Waals surface area (Å²) >= 11 is 0. The van der Waals surface area contributed by atoms with Gasteiger partial charge in [0.15, 0.2) is 23.3 Å². The molecule has 2 N–H and O–H groups in total. The molecule has 0 amide bonds. The molecule has 3 aromatic rings. The molecule has 2 aromatic carbocycles. The number of rotatable bonds is 8. The topological polar surface area (TPSA) is 85.6 Å². The molecule has 1 unspecified atom stereocenters. The molecule has 0 saturated carbocycles. The normalized spacial score (nSPS) is 12.0. The summed E-state index contributed by atoms with van der Waals surface area (Å²) in [5.74, 6) is 3.63. The molecule has 0 radical (unpaired) electrons. The Balaban J connectivity index is 0.00000363. The number of anilines is 1. The molecule has 0 aliphatic heterocycles. The summed E-state index contributed by atoms with van der Waals surface area (Å²) < 4.78 is 13.0. The van der Waals surface area contributed by atoms with E-state index in [9.17, 15) is 0 Å². The average Bonchev–Trinajstić information content (AvgIpc) is 3.10. The average molecular weight is 550 g/mol. The van der Waals surface area contributed by atoms with Crippen molar-refractivity contribution in [1.29, 1.82) is 0 Å². The van der Waals surface area contributed by atoms with Crippen LogP contribution in [-0.2, 0) is 13.6 Å². The van der Waals surface area contributed by atoms with Gasteiger partial charge in [-0.25, -0.2) is 4.99 Å². The van der Waals surface area contributed by atoms with Crippen LogP contribution in [0.25, 0.3) is 0 Å². The quantitative estimate of drug-likeness (QED) is 0.245. The van der Waals surface area contributed by atoms with Gasteiger partial charge in [0.05, 0.1) is 19.8 Å². The molecule has 0 spiro atoms. The van der Waals surface area contributed by atoms with Crippen LogP contribution in [0.15, 0.2) is 53.5 Å². The Morgan fingerprint density at radius 1 is 1.12 bits per heavy atom. The van der Waals surface area contributed by atoms with Gasteiger partial charge in [-0.15, -0.1) is 34.2 Å². The molecule has 8 nitrogen and oxygen atoms in total. The summed E-state index contributed by atoms with van der Waals surface area (Å²) in [5, 5.41) is 15.2. The molecule has 0 saturated heterocycles. The lowest BCUT2D eigenvalue weighted by atomic mass is 10.1. The van der Waals surface area contributed by atoms with Crippen LogP contribution in [0, 0.1) is 6.92 Å². The molecule has 0 aliphatic rings. The van der Waals surface area contributed by atoms with E-state index in [1.165, 1.54) is 0 Å². The summed E-state index contributed by atoms with van der Waals surface area (Å²) in [7, 11) is 3.56. The van der Waals surface area contributed by atoms with Crippen LogP contribution in [0.4, 0.5) is 5.69 Å². The Morgan fingerprint density at radius 3 is 2.50 bits per heavy atom. The van der Waals surface area contributed by atoms with Crippen LogP contribution in [0.3, 0.4) is 0 Å². The fraction of sp³-hybridized carbons (Fsp3) is 0.348. The minimum atomic E-state index is 0. The van der Waals surface area contributed by atoms with E-state index < -0.39 is 0 Å². The molecule has 32 heavy (non-hydrogen) atoms. The summed E-state index contributed by atoms with van der Waals surface area (Å²) in [6.45, 7) is 6.90. The van der Waals surface area contributed by atoms with Crippen LogP contribution in [0.1, 0.15) is 37.1 Å². The second-order valence-corrected chi connectivity index (χ2v) is 7.09. The number of aliphatic imine (C=N–C) groups is 1. The molecule has 172 valence electrons. The largest absolute Gasteiger partial charge is 0.493 e.